The van der Waals surface area contributed by atoms with E-state index in [0.29, 0.717) is 4.99 Å². The number of hydrogen-bond donors (Lipinski definition) is 1. The van der Waals surface area contributed by atoms with Crippen molar-refractivity contribution >= 4 is 28.7 Å². The van der Waals surface area contributed by atoms with Gasteiger partial charge in [0.1, 0.15) is 10.8 Å². The van der Waals surface area contributed by atoms with Gasteiger partial charge < -0.3 is 10.6 Å². The number of thiocarbonyl (C=S) groups is 1. The molecule has 0 atom stereocenters. The van der Waals surface area contributed by atoms with Crippen LogP contribution in [-0.4, -0.2) is 17.0 Å². The van der Waals surface area contributed by atoms with Crippen LogP contribution < -0.4 is 10.6 Å². The quantitative estimate of drug-likeness (QED) is 0.882. The van der Waals surface area contributed by atoms with Gasteiger partial charge in [-0.3, -0.25) is 0 Å². The van der Waals surface area contributed by atoms with Crippen LogP contribution in [0.15, 0.2) is 36.4 Å². The third-order valence-electron chi connectivity index (χ3n) is 4.01. The normalized spacial score (nSPS) is 13.6. The largest absolute Gasteiger partial charge is 0.389 e. The van der Waals surface area contributed by atoms with E-state index in [-0.39, 0.29) is 0 Å². The molecule has 0 aliphatic heterocycles. The van der Waals surface area contributed by atoms with Crippen molar-refractivity contribution in [3.05, 3.63) is 53.2 Å². The summed E-state index contributed by atoms with van der Waals surface area (Å²) in [6.07, 6.45) is 4.55. The molecular weight excluding hydrogens is 278 g/mol. The maximum atomic E-state index is 5.93. The average molecular weight is 297 g/mol. The fourth-order valence-corrected chi connectivity index (χ4v) is 2.98. The maximum Gasteiger partial charge on any atom is 0.143 e. The van der Waals surface area contributed by atoms with E-state index >= 15 is 0 Å². The molecule has 0 fully saturated rings. The Balaban J connectivity index is 2.10. The number of pyridine rings is 1. The second kappa shape index (κ2) is 5.82. The predicted molar refractivity (Wildman–Crippen MR) is 91.3 cm³/mol. The van der Waals surface area contributed by atoms with E-state index in [1.54, 1.807) is 0 Å². The first-order valence-corrected chi connectivity index (χ1v) is 7.69. The molecule has 0 spiro atoms. The first-order chi connectivity index (χ1) is 10.2. The van der Waals surface area contributed by atoms with Crippen LogP contribution in [0.2, 0.25) is 0 Å². The van der Waals surface area contributed by atoms with Crippen molar-refractivity contribution in [3.63, 3.8) is 0 Å². The second-order valence-electron chi connectivity index (χ2n) is 5.43. The lowest BCUT2D eigenvalue weighted by atomic mass is 9.94. The number of aromatic nitrogens is 1. The van der Waals surface area contributed by atoms with Gasteiger partial charge in [-0.25, -0.2) is 4.98 Å². The Labute approximate surface area is 130 Å². The van der Waals surface area contributed by atoms with Gasteiger partial charge in [0.15, 0.2) is 0 Å². The summed E-state index contributed by atoms with van der Waals surface area (Å²) in [5.74, 6) is 0.856. The van der Waals surface area contributed by atoms with Crippen LogP contribution in [0.5, 0.6) is 0 Å². The van der Waals surface area contributed by atoms with Crippen LogP contribution in [-0.2, 0) is 12.8 Å². The fourth-order valence-electron chi connectivity index (χ4n) is 2.83. The Bertz CT molecular complexity index is 667. The summed E-state index contributed by atoms with van der Waals surface area (Å²) in [4.78, 5) is 7.34. The van der Waals surface area contributed by atoms with Crippen molar-refractivity contribution < 1.29 is 0 Å². The molecule has 0 radical (unpaired) electrons. The van der Waals surface area contributed by atoms with Gasteiger partial charge in [-0.2, -0.15) is 0 Å². The number of nitrogens with two attached hydrogens (primary N) is 1. The predicted octanol–water partition coefficient (Wildman–Crippen LogP) is 3.36. The van der Waals surface area contributed by atoms with Gasteiger partial charge in [-0.1, -0.05) is 30.4 Å². The fraction of sp³-hybridized carbons (Fsp3) is 0.294. The SMILES string of the molecule is CN(c1ccccc1)c1nc2c(cc1C(N)=S)CCCC2. The van der Waals surface area contributed by atoms with Crippen LogP contribution >= 0.6 is 12.2 Å². The zero-order chi connectivity index (χ0) is 14.8. The zero-order valence-electron chi connectivity index (χ0n) is 12.2. The molecule has 0 unspecified atom stereocenters. The molecule has 1 aromatic carbocycles. The molecule has 0 saturated carbocycles. The van der Waals surface area contributed by atoms with E-state index in [1.807, 2.05) is 25.2 Å². The van der Waals surface area contributed by atoms with Gasteiger partial charge in [-0.15, -0.1) is 0 Å². The highest BCUT2D eigenvalue weighted by molar-refractivity contribution is 7.80. The summed E-state index contributed by atoms with van der Waals surface area (Å²) in [6.45, 7) is 0. The summed E-state index contributed by atoms with van der Waals surface area (Å²) in [7, 11) is 2.01. The highest BCUT2D eigenvalue weighted by atomic mass is 32.1. The number of para-hydroxylation sites is 1. The molecule has 1 aliphatic carbocycles. The highest BCUT2D eigenvalue weighted by Gasteiger charge is 2.19. The molecule has 108 valence electrons. The van der Waals surface area contributed by atoms with Gasteiger partial charge in [0.05, 0.1) is 5.56 Å². The van der Waals surface area contributed by atoms with Gasteiger partial charge in [0.25, 0.3) is 0 Å². The number of benzene rings is 1. The zero-order valence-corrected chi connectivity index (χ0v) is 13.0. The molecule has 1 aliphatic rings. The summed E-state index contributed by atoms with van der Waals surface area (Å²) in [5.41, 5.74) is 10.4. The monoisotopic (exact) mass is 297 g/mol. The van der Waals surface area contributed by atoms with Gasteiger partial charge in [-0.05, 0) is 49.4 Å². The van der Waals surface area contributed by atoms with Crippen LogP contribution in [0.1, 0.15) is 29.7 Å². The van der Waals surface area contributed by atoms with E-state index < -0.39 is 0 Å². The number of fused-ring (bicyclic) bond motifs is 1. The number of hydrogen-bond acceptors (Lipinski definition) is 3. The second-order valence-corrected chi connectivity index (χ2v) is 5.87. The molecule has 2 aromatic rings. The molecule has 21 heavy (non-hydrogen) atoms. The topological polar surface area (TPSA) is 42.2 Å². The van der Waals surface area contributed by atoms with E-state index in [2.05, 4.69) is 23.1 Å². The molecule has 4 heteroatoms. The summed E-state index contributed by atoms with van der Waals surface area (Å²) in [6, 6.07) is 12.3. The highest BCUT2D eigenvalue weighted by Crippen LogP contribution is 2.30. The smallest absolute Gasteiger partial charge is 0.143 e. The summed E-state index contributed by atoms with van der Waals surface area (Å²) < 4.78 is 0. The number of rotatable bonds is 3. The van der Waals surface area contributed by atoms with E-state index in [4.69, 9.17) is 22.9 Å². The molecule has 1 heterocycles. The van der Waals surface area contributed by atoms with Gasteiger partial charge in [0, 0.05) is 18.4 Å². The molecule has 3 rings (SSSR count). The summed E-state index contributed by atoms with van der Waals surface area (Å²) >= 11 is 5.23. The van der Waals surface area contributed by atoms with E-state index in [9.17, 15) is 0 Å². The van der Waals surface area contributed by atoms with Crippen molar-refractivity contribution in [2.24, 2.45) is 5.73 Å². The first-order valence-electron chi connectivity index (χ1n) is 7.28. The minimum absolute atomic E-state index is 0.411. The Morgan fingerprint density at radius 1 is 1.19 bits per heavy atom. The number of nitrogens with zero attached hydrogens (tertiary/aromatic N) is 2. The van der Waals surface area contributed by atoms with Crippen molar-refractivity contribution in [3.8, 4) is 0 Å². The Hall–Kier alpha value is -1.94. The third-order valence-corrected chi connectivity index (χ3v) is 4.23. The third kappa shape index (κ3) is 2.76. The van der Waals surface area contributed by atoms with E-state index in [0.717, 1.165) is 29.9 Å². The number of aryl methyl sites for hydroxylation is 2. The van der Waals surface area contributed by atoms with Crippen molar-refractivity contribution in [1.82, 2.24) is 4.98 Å². The molecule has 0 saturated heterocycles. The number of anilines is 2. The molecular formula is C17H19N3S. The maximum absolute atomic E-state index is 5.93. The lowest BCUT2D eigenvalue weighted by molar-refractivity contribution is 0.667. The van der Waals surface area contributed by atoms with Crippen LogP contribution in [0, 0.1) is 0 Å². The molecule has 1 aromatic heterocycles. The lowest BCUT2D eigenvalue weighted by Gasteiger charge is -2.24. The molecule has 2 N–H and O–H groups in total. The first kappa shape index (κ1) is 14.0. The van der Waals surface area contributed by atoms with Crippen molar-refractivity contribution in [1.29, 1.82) is 0 Å². The standard InChI is InChI=1S/C17H19N3S/c1-20(13-8-3-2-4-9-13)17-14(16(18)21)11-12-7-5-6-10-15(12)19-17/h2-4,8-9,11H,5-7,10H2,1H3,(H2,18,21). The minimum atomic E-state index is 0.411. The van der Waals surface area contributed by atoms with Crippen molar-refractivity contribution in [2.45, 2.75) is 25.7 Å². The Morgan fingerprint density at radius 2 is 1.90 bits per heavy atom. The summed E-state index contributed by atoms with van der Waals surface area (Å²) in [5, 5.41) is 0. The Kier molecular flexibility index (Phi) is 3.88. The van der Waals surface area contributed by atoms with E-state index in [1.165, 1.54) is 24.1 Å². The molecule has 0 bridgehead atoms. The van der Waals surface area contributed by atoms with Gasteiger partial charge >= 0.3 is 0 Å². The average Bonchev–Trinajstić information content (AvgIpc) is 2.53. The molecule has 3 nitrogen and oxygen atoms in total. The van der Waals surface area contributed by atoms with Crippen LogP contribution in [0.4, 0.5) is 11.5 Å². The molecule has 0 amide bonds. The minimum Gasteiger partial charge on any atom is -0.389 e. The van der Waals surface area contributed by atoms with Crippen LogP contribution in [0.3, 0.4) is 0 Å². The van der Waals surface area contributed by atoms with Crippen LogP contribution in [0.25, 0.3) is 0 Å². The lowest BCUT2D eigenvalue weighted by Crippen LogP contribution is -2.21. The van der Waals surface area contributed by atoms with Crippen molar-refractivity contribution in [2.75, 3.05) is 11.9 Å². The Morgan fingerprint density at radius 3 is 2.62 bits per heavy atom. The van der Waals surface area contributed by atoms with Gasteiger partial charge in [0.2, 0.25) is 0 Å².